The summed E-state index contributed by atoms with van der Waals surface area (Å²) >= 11 is 3.39. The molecule has 0 aliphatic rings. The van der Waals surface area contributed by atoms with Crippen molar-refractivity contribution in [3.8, 4) is 11.6 Å². The summed E-state index contributed by atoms with van der Waals surface area (Å²) in [6.07, 6.45) is 1.48. The number of carbonyl (C=O) groups is 2. The SMILES string of the molecule is CC(C)N(C)C(=O)c1ccc(CNC(=O)c2ccc(Oc3cccc(Br)c3)nc2)cc1. The van der Waals surface area contributed by atoms with Gasteiger partial charge in [0.2, 0.25) is 5.88 Å². The third-order valence-electron chi connectivity index (χ3n) is 4.77. The van der Waals surface area contributed by atoms with E-state index in [2.05, 4.69) is 26.2 Å². The van der Waals surface area contributed by atoms with Crippen molar-refractivity contribution in [3.05, 3.63) is 88.0 Å². The van der Waals surface area contributed by atoms with Crippen LogP contribution in [0.25, 0.3) is 0 Å². The zero-order chi connectivity index (χ0) is 22.4. The molecule has 160 valence electrons. The minimum absolute atomic E-state index is 0.0261. The molecule has 3 aromatic rings. The molecule has 3 rings (SSSR count). The normalized spacial score (nSPS) is 10.6. The standard InChI is InChI=1S/C24H24BrN3O3/c1-16(2)28(3)24(30)18-9-7-17(8-10-18)14-27-23(29)19-11-12-22(26-15-19)31-21-6-4-5-20(25)13-21/h4-13,15-16H,14H2,1-3H3,(H,27,29). The lowest BCUT2D eigenvalue weighted by molar-refractivity contribution is 0.0754. The molecule has 0 aliphatic heterocycles. The number of hydrogen-bond acceptors (Lipinski definition) is 4. The largest absolute Gasteiger partial charge is 0.439 e. The Labute approximate surface area is 190 Å². The van der Waals surface area contributed by atoms with Gasteiger partial charge in [-0.15, -0.1) is 0 Å². The zero-order valence-corrected chi connectivity index (χ0v) is 19.2. The summed E-state index contributed by atoms with van der Waals surface area (Å²) in [4.78, 5) is 30.6. The number of pyridine rings is 1. The smallest absolute Gasteiger partial charge is 0.253 e. The van der Waals surface area contributed by atoms with Crippen molar-refractivity contribution < 1.29 is 14.3 Å². The van der Waals surface area contributed by atoms with E-state index in [0.29, 0.717) is 29.3 Å². The van der Waals surface area contributed by atoms with E-state index in [9.17, 15) is 9.59 Å². The van der Waals surface area contributed by atoms with Gasteiger partial charge in [0.15, 0.2) is 0 Å². The number of halogens is 1. The van der Waals surface area contributed by atoms with Crippen molar-refractivity contribution in [1.82, 2.24) is 15.2 Å². The van der Waals surface area contributed by atoms with Crippen molar-refractivity contribution in [1.29, 1.82) is 0 Å². The molecule has 0 bridgehead atoms. The first-order valence-corrected chi connectivity index (χ1v) is 10.7. The van der Waals surface area contributed by atoms with Gasteiger partial charge >= 0.3 is 0 Å². The van der Waals surface area contributed by atoms with Crippen molar-refractivity contribution in [2.45, 2.75) is 26.4 Å². The molecule has 0 spiro atoms. The van der Waals surface area contributed by atoms with Crippen molar-refractivity contribution in [3.63, 3.8) is 0 Å². The van der Waals surface area contributed by atoms with Crippen LogP contribution in [0.5, 0.6) is 11.6 Å². The van der Waals surface area contributed by atoms with Gasteiger partial charge in [-0.05, 0) is 55.8 Å². The number of amides is 2. The quantitative estimate of drug-likeness (QED) is 0.512. The lowest BCUT2D eigenvalue weighted by Crippen LogP contribution is -2.32. The number of benzene rings is 2. The van der Waals surface area contributed by atoms with Crippen LogP contribution in [0.2, 0.25) is 0 Å². The van der Waals surface area contributed by atoms with Crippen LogP contribution in [0.4, 0.5) is 0 Å². The number of carbonyl (C=O) groups excluding carboxylic acids is 2. The monoisotopic (exact) mass is 481 g/mol. The van der Waals surface area contributed by atoms with E-state index in [-0.39, 0.29) is 17.9 Å². The average Bonchev–Trinajstić information content (AvgIpc) is 2.77. The molecular formula is C24H24BrN3O3. The van der Waals surface area contributed by atoms with E-state index in [0.717, 1.165) is 10.0 Å². The fourth-order valence-corrected chi connectivity index (χ4v) is 3.09. The molecule has 0 saturated carbocycles. The maximum absolute atomic E-state index is 12.4. The highest BCUT2D eigenvalue weighted by Gasteiger charge is 2.14. The van der Waals surface area contributed by atoms with Gasteiger partial charge in [0.05, 0.1) is 5.56 Å². The van der Waals surface area contributed by atoms with Crippen LogP contribution in [0, 0.1) is 0 Å². The minimum Gasteiger partial charge on any atom is -0.439 e. The number of aromatic nitrogens is 1. The summed E-state index contributed by atoms with van der Waals surface area (Å²) in [5, 5.41) is 2.86. The van der Waals surface area contributed by atoms with Gasteiger partial charge in [-0.25, -0.2) is 4.98 Å². The Morgan fingerprint density at radius 1 is 1.06 bits per heavy atom. The molecular weight excluding hydrogens is 458 g/mol. The Hall–Kier alpha value is -3.19. The topological polar surface area (TPSA) is 71.5 Å². The van der Waals surface area contributed by atoms with Gasteiger partial charge < -0.3 is 15.0 Å². The lowest BCUT2D eigenvalue weighted by Gasteiger charge is -2.21. The van der Waals surface area contributed by atoms with E-state index >= 15 is 0 Å². The predicted octanol–water partition coefficient (Wildman–Crippen LogP) is 5.05. The molecule has 0 atom stereocenters. The molecule has 2 aromatic carbocycles. The molecule has 1 aromatic heterocycles. The van der Waals surface area contributed by atoms with Gasteiger partial charge in [-0.3, -0.25) is 9.59 Å². The Bertz CT molecular complexity index is 1050. The summed E-state index contributed by atoms with van der Waals surface area (Å²) < 4.78 is 6.59. The first-order valence-electron chi connectivity index (χ1n) is 9.87. The number of hydrogen-bond donors (Lipinski definition) is 1. The van der Waals surface area contributed by atoms with E-state index in [1.165, 1.54) is 6.20 Å². The van der Waals surface area contributed by atoms with Crippen LogP contribution in [0.1, 0.15) is 40.1 Å². The van der Waals surface area contributed by atoms with E-state index in [1.807, 2.05) is 50.2 Å². The molecule has 1 N–H and O–H groups in total. The lowest BCUT2D eigenvalue weighted by atomic mass is 10.1. The van der Waals surface area contributed by atoms with Crippen LogP contribution in [-0.2, 0) is 6.54 Å². The molecule has 0 unspecified atom stereocenters. The summed E-state index contributed by atoms with van der Waals surface area (Å²) in [5.41, 5.74) is 1.96. The van der Waals surface area contributed by atoms with Gasteiger partial charge in [0.1, 0.15) is 5.75 Å². The summed E-state index contributed by atoms with van der Waals surface area (Å²) in [6, 6.07) is 18.1. The molecule has 6 nitrogen and oxygen atoms in total. The fraction of sp³-hybridized carbons (Fsp3) is 0.208. The maximum Gasteiger partial charge on any atom is 0.253 e. The molecule has 2 amide bonds. The molecule has 0 fully saturated rings. The molecule has 7 heteroatoms. The van der Waals surface area contributed by atoms with Crippen molar-refractivity contribution in [2.75, 3.05) is 7.05 Å². The second-order valence-corrected chi connectivity index (χ2v) is 8.25. The van der Waals surface area contributed by atoms with Gasteiger partial charge in [0.25, 0.3) is 11.8 Å². The van der Waals surface area contributed by atoms with E-state index in [4.69, 9.17) is 4.74 Å². The maximum atomic E-state index is 12.4. The molecule has 0 aliphatic carbocycles. The Kier molecular flexibility index (Phi) is 7.41. The zero-order valence-electron chi connectivity index (χ0n) is 17.6. The van der Waals surface area contributed by atoms with Crippen LogP contribution in [0.15, 0.2) is 71.3 Å². The molecule has 1 heterocycles. The Balaban J connectivity index is 1.55. The predicted molar refractivity (Wildman–Crippen MR) is 123 cm³/mol. The summed E-state index contributed by atoms with van der Waals surface area (Å²) in [5.74, 6) is 0.796. The Morgan fingerprint density at radius 2 is 1.77 bits per heavy atom. The first kappa shape index (κ1) is 22.5. The van der Waals surface area contributed by atoms with Crippen molar-refractivity contribution in [2.24, 2.45) is 0 Å². The number of nitrogens with zero attached hydrogens (tertiary/aromatic N) is 2. The van der Waals surface area contributed by atoms with Crippen LogP contribution in [0.3, 0.4) is 0 Å². The van der Waals surface area contributed by atoms with Crippen LogP contribution in [-0.4, -0.2) is 34.8 Å². The fourth-order valence-electron chi connectivity index (χ4n) is 2.71. The highest BCUT2D eigenvalue weighted by Crippen LogP contribution is 2.23. The Morgan fingerprint density at radius 3 is 2.39 bits per heavy atom. The third kappa shape index (κ3) is 6.15. The summed E-state index contributed by atoms with van der Waals surface area (Å²) in [6.45, 7) is 4.29. The number of nitrogens with one attached hydrogen (secondary N) is 1. The second-order valence-electron chi connectivity index (χ2n) is 7.33. The van der Waals surface area contributed by atoms with Crippen LogP contribution < -0.4 is 10.1 Å². The highest BCUT2D eigenvalue weighted by molar-refractivity contribution is 9.10. The van der Waals surface area contributed by atoms with E-state index in [1.54, 1.807) is 36.2 Å². The van der Waals surface area contributed by atoms with E-state index < -0.39 is 0 Å². The van der Waals surface area contributed by atoms with Gasteiger partial charge in [-0.1, -0.05) is 34.1 Å². The number of ether oxygens (including phenoxy) is 1. The van der Waals surface area contributed by atoms with Crippen molar-refractivity contribution >= 4 is 27.7 Å². The summed E-state index contributed by atoms with van der Waals surface area (Å²) in [7, 11) is 1.78. The average molecular weight is 482 g/mol. The third-order valence-corrected chi connectivity index (χ3v) is 5.26. The molecule has 31 heavy (non-hydrogen) atoms. The highest BCUT2D eigenvalue weighted by atomic mass is 79.9. The molecule has 0 saturated heterocycles. The number of rotatable bonds is 7. The first-order chi connectivity index (χ1) is 14.8. The van der Waals surface area contributed by atoms with Gasteiger partial charge in [-0.2, -0.15) is 0 Å². The van der Waals surface area contributed by atoms with Crippen LogP contribution >= 0.6 is 15.9 Å². The molecule has 0 radical (unpaired) electrons. The van der Waals surface area contributed by atoms with Gasteiger partial charge in [0, 0.05) is 41.9 Å². The minimum atomic E-state index is -0.235. The second kappa shape index (κ2) is 10.2.